The molecule has 1 fully saturated rings. The topological polar surface area (TPSA) is 81.4 Å². The van der Waals surface area contributed by atoms with Crippen LogP contribution < -0.4 is 9.64 Å². The van der Waals surface area contributed by atoms with Gasteiger partial charge in [-0.25, -0.2) is 9.97 Å². The zero-order valence-corrected chi connectivity index (χ0v) is 15.0. The van der Waals surface area contributed by atoms with Gasteiger partial charge in [-0.1, -0.05) is 0 Å². The van der Waals surface area contributed by atoms with Gasteiger partial charge in [-0.3, -0.25) is 10.1 Å². The second-order valence-electron chi connectivity index (χ2n) is 6.66. The van der Waals surface area contributed by atoms with Crippen LogP contribution in [-0.4, -0.2) is 34.1 Å². The third kappa shape index (κ3) is 4.05. The van der Waals surface area contributed by atoms with E-state index in [1.54, 1.807) is 18.2 Å². The molecule has 4 rings (SSSR count). The highest BCUT2D eigenvalue weighted by molar-refractivity contribution is 5.82. The Morgan fingerprint density at radius 1 is 1.17 bits per heavy atom. The number of hydrogen-bond acceptors (Lipinski definition) is 6. The maximum Gasteiger partial charge on any atom is 0.417 e. The number of alkyl halides is 3. The first kappa shape index (κ1) is 18.9. The molecule has 0 N–H and O–H groups in total. The van der Waals surface area contributed by atoms with Crippen LogP contribution in [0.25, 0.3) is 10.9 Å². The Hall–Kier alpha value is -3.43. The summed E-state index contributed by atoms with van der Waals surface area (Å²) in [4.78, 5) is 20.7. The first-order valence-electron chi connectivity index (χ1n) is 8.80. The molecule has 0 aliphatic carbocycles. The highest BCUT2D eigenvalue weighted by Gasteiger charge is 2.31. The summed E-state index contributed by atoms with van der Waals surface area (Å²) >= 11 is 0. The zero-order chi connectivity index (χ0) is 20.6. The Kier molecular flexibility index (Phi) is 4.69. The van der Waals surface area contributed by atoms with Crippen LogP contribution in [-0.2, 0) is 6.18 Å². The maximum atomic E-state index is 12.6. The zero-order valence-electron chi connectivity index (χ0n) is 15.0. The molecule has 3 heterocycles. The highest BCUT2D eigenvalue weighted by Crippen LogP contribution is 2.30. The fourth-order valence-corrected chi connectivity index (χ4v) is 3.21. The number of fused-ring (bicyclic) bond motifs is 1. The van der Waals surface area contributed by atoms with Gasteiger partial charge in [-0.15, -0.1) is 0 Å². The van der Waals surface area contributed by atoms with Gasteiger partial charge in [0.25, 0.3) is 5.69 Å². The van der Waals surface area contributed by atoms with Crippen molar-refractivity contribution >= 4 is 22.4 Å². The summed E-state index contributed by atoms with van der Waals surface area (Å²) in [7, 11) is 0. The number of anilines is 1. The minimum Gasteiger partial charge on any atom is -0.472 e. The van der Waals surface area contributed by atoms with Crippen molar-refractivity contribution in [3.05, 3.63) is 64.3 Å². The predicted molar refractivity (Wildman–Crippen MR) is 98.9 cm³/mol. The smallest absolute Gasteiger partial charge is 0.417 e. The van der Waals surface area contributed by atoms with E-state index in [1.807, 2.05) is 4.90 Å². The Balaban J connectivity index is 1.44. The molecule has 1 aliphatic heterocycles. The number of rotatable bonds is 4. The first-order valence-corrected chi connectivity index (χ1v) is 8.80. The minimum atomic E-state index is -4.43. The Morgan fingerprint density at radius 3 is 2.69 bits per heavy atom. The van der Waals surface area contributed by atoms with E-state index in [4.69, 9.17) is 4.74 Å². The van der Waals surface area contributed by atoms with Gasteiger partial charge in [-0.05, 0) is 24.3 Å². The van der Waals surface area contributed by atoms with E-state index in [-0.39, 0.29) is 17.7 Å². The maximum absolute atomic E-state index is 12.6. The Morgan fingerprint density at radius 2 is 2.00 bits per heavy atom. The van der Waals surface area contributed by atoms with Crippen molar-refractivity contribution in [2.45, 2.75) is 18.7 Å². The quantitative estimate of drug-likeness (QED) is 0.479. The van der Waals surface area contributed by atoms with Gasteiger partial charge in [0.05, 0.1) is 22.5 Å². The third-order valence-corrected chi connectivity index (χ3v) is 4.69. The lowest BCUT2D eigenvalue weighted by atomic mass is 10.2. The largest absolute Gasteiger partial charge is 0.472 e. The number of benzene rings is 1. The van der Waals surface area contributed by atoms with Gasteiger partial charge in [-0.2, -0.15) is 13.2 Å². The van der Waals surface area contributed by atoms with Gasteiger partial charge in [0, 0.05) is 42.7 Å². The number of nitro groups is 1. The number of nitro benzene ring substituents is 1. The van der Waals surface area contributed by atoms with E-state index < -0.39 is 16.7 Å². The number of ether oxygens (including phenoxy) is 1. The van der Waals surface area contributed by atoms with Gasteiger partial charge in [0.2, 0.25) is 5.88 Å². The molecule has 3 aromatic rings. The number of pyridine rings is 2. The minimum absolute atomic E-state index is 0.00530. The fraction of sp³-hybridized carbons (Fsp3) is 0.263. The molecule has 1 aliphatic rings. The normalized spacial score (nSPS) is 16.9. The number of hydrogen-bond donors (Lipinski definition) is 0. The molecule has 10 heteroatoms. The molecule has 1 atom stereocenters. The summed E-state index contributed by atoms with van der Waals surface area (Å²) in [5.74, 6) is 0.849. The van der Waals surface area contributed by atoms with E-state index in [1.165, 1.54) is 18.2 Å². The standard InChI is InChI=1S/C19H15F3N4O3/c20-19(21,22)13-2-6-18(23-10-13)29-15-7-8-25(11-15)17-5-1-12-9-14(26(27)28)3-4-16(12)24-17/h1-6,9-10,15H,7-8,11H2. The molecule has 0 amide bonds. The molecule has 1 unspecified atom stereocenters. The monoisotopic (exact) mass is 404 g/mol. The molecular weight excluding hydrogens is 389 g/mol. The molecule has 1 saturated heterocycles. The van der Waals surface area contributed by atoms with Crippen LogP contribution in [0.2, 0.25) is 0 Å². The fourth-order valence-electron chi connectivity index (χ4n) is 3.21. The van der Waals surface area contributed by atoms with Crippen LogP contribution in [0.15, 0.2) is 48.7 Å². The van der Waals surface area contributed by atoms with Gasteiger partial charge < -0.3 is 9.64 Å². The van der Waals surface area contributed by atoms with Crippen LogP contribution in [0.5, 0.6) is 5.88 Å². The number of aromatic nitrogens is 2. The summed E-state index contributed by atoms with van der Waals surface area (Å²) in [6.07, 6.45) is -3.24. The highest BCUT2D eigenvalue weighted by atomic mass is 19.4. The molecule has 0 radical (unpaired) electrons. The number of nitrogens with zero attached hydrogens (tertiary/aromatic N) is 4. The summed E-state index contributed by atoms with van der Waals surface area (Å²) in [5, 5.41) is 11.5. The molecule has 0 spiro atoms. The second-order valence-corrected chi connectivity index (χ2v) is 6.66. The Bertz CT molecular complexity index is 1060. The third-order valence-electron chi connectivity index (χ3n) is 4.69. The summed E-state index contributed by atoms with van der Waals surface area (Å²) < 4.78 is 43.5. The molecule has 1 aromatic carbocycles. The van der Waals surface area contributed by atoms with Crippen molar-refractivity contribution in [2.24, 2.45) is 0 Å². The van der Waals surface area contributed by atoms with E-state index in [2.05, 4.69) is 9.97 Å². The van der Waals surface area contributed by atoms with Crippen molar-refractivity contribution in [1.82, 2.24) is 9.97 Å². The molecule has 150 valence electrons. The second kappa shape index (κ2) is 7.19. The van der Waals surface area contributed by atoms with E-state index in [9.17, 15) is 23.3 Å². The van der Waals surface area contributed by atoms with Gasteiger partial charge in [0.15, 0.2) is 0 Å². The summed E-state index contributed by atoms with van der Waals surface area (Å²) in [6, 6.07) is 10.2. The van der Waals surface area contributed by atoms with Crippen LogP contribution in [0.1, 0.15) is 12.0 Å². The van der Waals surface area contributed by atoms with E-state index >= 15 is 0 Å². The summed E-state index contributed by atoms with van der Waals surface area (Å²) in [5.41, 5.74) is -0.175. The average Bonchev–Trinajstić information content (AvgIpc) is 3.15. The van der Waals surface area contributed by atoms with Crippen molar-refractivity contribution in [3.63, 3.8) is 0 Å². The molecule has 0 saturated carbocycles. The first-order chi connectivity index (χ1) is 13.8. The van der Waals surface area contributed by atoms with Crippen molar-refractivity contribution < 1.29 is 22.8 Å². The van der Waals surface area contributed by atoms with Crippen LogP contribution in [0, 0.1) is 10.1 Å². The van der Waals surface area contributed by atoms with Gasteiger partial charge >= 0.3 is 6.18 Å². The molecule has 2 aromatic heterocycles. The van der Waals surface area contributed by atoms with E-state index in [0.717, 1.165) is 12.3 Å². The van der Waals surface area contributed by atoms with Crippen LogP contribution in [0.4, 0.5) is 24.7 Å². The van der Waals surface area contributed by atoms with Crippen molar-refractivity contribution in [2.75, 3.05) is 18.0 Å². The van der Waals surface area contributed by atoms with E-state index in [0.29, 0.717) is 36.2 Å². The average molecular weight is 404 g/mol. The SMILES string of the molecule is O=[N+]([O-])c1ccc2nc(N3CCC(Oc4ccc(C(F)(F)F)cn4)C3)ccc2c1. The lowest BCUT2D eigenvalue weighted by Gasteiger charge is -2.18. The van der Waals surface area contributed by atoms with Crippen molar-refractivity contribution in [1.29, 1.82) is 0 Å². The lowest BCUT2D eigenvalue weighted by molar-refractivity contribution is -0.384. The summed E-state index contributed by atoms with van der Waals surface area (Å²) in [6.45, 7) is 1.17. The number of halogens is 3. The van der Waals surface area contributed by atoms with Crippen molar-refractivity contribution in [3.8, 4) is 5.88 Å². The van der Waals surface area contributed by atoms with Gasteiger partial charge in [0.1, 0.15) is 11.9 Å². The molecule has 0 bridgehead atoms. The molecule has 29 heavy (non-hydrogen) atoms. The molecule has 7 nitrogen and oxygen atoms in total. The molecular formula is C19H15F3N4O3. The Labute approximate surface area is 162 Å². The van der Waals surface area contributed by atoms with Crippen LogP contribution in [0.3, 0.4) is 0 Å². The van der Waals surface area contributed by atoms with Crippen LogP contribution >= 0.6 is 0 Å². The predicted octanol–water partition coefficient (Wildman–Crippen LogP) is 4.21. The number of non-ortho nitro benzene ring substituents is 1. The lowest BCUT2D eigenvalue weighted by Crippen LogP contribution is -2.25.